The summed E-state index contributed by atoms with van der Waals surface area (Å²) < 4.78 is 20.5. The minimum absolute atomic E-state index is 0.0793. The van der Waals surface area contributed by atoms with Crippen molar-refractivity contribution in [3.8, 4) is 16.9 Å². The van der Waals surface area contributed by atoms with Crippen LogP contribution in [0.15, 0.2) is 30.6 Å². The number of aliphatic carboxylic acids is 1. The fourth-order valence-electron chi connectivity index (χ4n) is 1.78. The Morgan fingerprint density at radius 1 is 1.38 bits per heavy atom. The van der Waals surface area contributed by atoms with Gasteiger partial charge in [-0.2, -0.15) is 5.10 Å². The fraction of sp³-hybridized carbons (Fsp3) is 0.333. The van der Waals surface area contributed by atoms with E-state index in [1.807, 2.05) is 27.0 Å². The van der Waals surface area contributed by atoms with Crippen LogP contribution >= 0.6 is 0 Å². The highest BCUT2D eigenvalue weighted by molar-refractivity contribution is 5.68. The second-order valence-electron chi connectivity index (χ2n) is 5.67. The molecule has 0 saturated carbocycles. The maximum atomic E-state index is 13.9. The minimum Gasteiger partial charge on any atom is -0.479 e. The van der Waals surface area contributed by atoms with Crippen LogP contribution in [-0.4, -0.2) is 27.5 Å². The predicted octanol–water partition coefficient (Wildman–Crippen LogP) is 2.91. The normalized spacial score (nSPS) is 11.4. The molecule has 1 aromatic heterocycles. The van der Waals surface area contributed by atoms with Gasteiger partial charge in [0.25, 0.3) is 0 Å². The van der Waals surface area contributed by atoms with E-state index in [2.05, 4.69) is 5.10 Å². The second-order valence-corrected chi connectivity index (χ2v) is 5.67. The molecule has 0 amide bonds. The van der Waals surface area contributed by atoms with Gasteiger partial charge in [0.05, 0.1) is 11.7 Å². The van der Waals surface area contributed by atoms with Crippen LogP contribution in [0, 0.1) is 5.82 Å². The lowest BCUT2D eigenvalue weighted by molar-refractivity contribution is -0.139. The Labute approximate surface area is 122 Å². The molecule has 112 valence electrons. The standard InChI is InChI=1S/C15H17FN2O3/c1-15(2,3)18-8-11(7-17-18)10-4-5-13(12(16)6-10)21-9-14(19)20/h4-8H,9H2,1-3H3,(H,19,20). The van der Waals surface area contributed by atoms with Gasteiger partial charge in [-0.15, -0.1) is 0 Å². The van der Waals surface area contributed by atoms with E-state index < -0.39 is 18.4 Å². The zero-order valence-electron chi connectivity index (χ0n) is 12.1. The number of carbonyl (C=O) groups is 1. The summed E-state index contributed by atoms with van der Waals surface area (Å²) in [5.74, 6) is -1.83. The van der Waals surface area contributed by atoms with E-state index in [1.54, 1.807) is 16.9 Å². The quantitative estimate of drug-likeness (QED) is 0.941. The first-order chi connectivity index (χ1) is 9.77. The summed E-state index contributed by atoms with van der Waals surface area (Å²) in [5, 5.41) is 12.8. The van der Waals surface area contributed by atoms with Gasteiger partial charge >= 0.3 is 5.97 Å². The number of ether oxygens (including phenoxy) is 1. The van der Waals surface area contributed by atoms with Gasteiger partial charge in [-0.05, 0) is 38.5 Å². The maximum absolute atomic E-state index is 13.9. The van der Waals surface area contributed by atoms with Crippen LogP contribution in [0.3, 0.4) is 0 Å². The van der Waals surface area contributed by atoms with Crippen LogP contribution in [-0.2, 0) is 10.3 Å². The van der Waals surface area contributed by atoms with Crippen LogP contribution < -0.4 is 4.74 Å². The fourth-order valence-corrected chi connectivity index (χ4v) is 1.78. The van der Waals surface area contributed by atoms with Gasteiger partial charge in [-0.25, -0.2) is 9.18 Å². The maximum Gasteiger partial charge on any atom is 0.341 e. The molecular weight excluding hydrogens is 275 g/mol. The van der Waals surface area contributed by atoms with Gasteiger partial charge in [0, 0.05) is 11.8 Å². The number of aromatic nitrogens is 2. The molecule has 2 aromatic rings. The third-order valence-corrected chi connectivity index (χ3v) is 2.89. The number of carboxylic acids is 1. The minimum atomic E-state index is -1.15. The molecule has 21 heavy (non-hydrogen) atoms. The van der Waals surface area contributed by atoms with Crippen molar-refractivity contribution >= 4 is 5.97 Å². The van der Waals surface area contributed by atoms with Crippen LogP contribution in [0.2, 0.25) is 0 Å². The van der Waals surface area contributed by atoms with Gasteiger partial charge in [-0.3, -0.25) is 4.68 Å². The largest absolute Gasteiger partial charge is 0.479 e. The second kappa shape index (κ2) is 5.55. The van der Waals surface area contributed by atoms with E-state index >= 15 is 0 Å². The van der Waals surface area contributed by atoms with Crippen molar-refractivity contribution in [2.75, 3.05) is 6.61 Å². The number of benzene rings is 1. The Morgan fingerprint density at radius 3 is 2.62 bits per heavy atom. The predicted molar refractivity (Wildman–Crippen MR) is 75.7 cm³/mol. The highest BCUT2D eigenvalue weighted by Gasteiger charge is 2.15. The van der Waals surface area contributed by atoms with Crippen molar-refractivity contribution in [3.63, 3.8) is 0 Å². The zero-order chi connectivity index (χ0) is 15.6. The SMILES string of the molecule is CC(C)(C)n1cc(-c2ccc(OCC(=O)O)c(F)c2)cn1. The molecule has 0 aliphatic heterocycles. The highest BCUT2D eigenvalue weighted by atomic mass is 19.1. The van der Waals surface area contributed by atoms with E-state index in [0.29, 0.717) is 5.56 Å². The summed E-state index contributed by atoms with van der Waals surface area (Å²) in [6.45, 7) is 5.49. The monoisotopic (exact) mass is 292 g/mol. The van der Waals surface area contributed by atoms with E-state index in [9.17, 15) is 9.18 Å². The lowest BCUT2D eigenvalue weighted by Crippen LogP contribution is -2.21. The molecule has 5 nitrogen and oxygen atoms in total. The molecule has 1 N–H and O–H groups in total. The average molecular weight is 292 g/mol. The van der Waals surface area contributed by atoms with Gasteiger partial charge in [0.15, 0.2) is 18.2 Å². The van der Waals surface area contributed by atoms with Crippen LogP contribution in [0.5, 0.6) is 5.75 Å². The van der Waals surface area contributed by atoms with Crippen LogP contribution in [0.25, 0.3) is 11.1 Å². The summed E-state index contributed by atoms with van der Waals surface area (Å²) in [7, 11) is 0. The molecule has 0 bridgehead atoms. The summed E-state index contributed by atoms with van der Waals surface area (Å²) in [6, 6.07) is 4.40. The molecule has 6 heteroatoms. The van der Waals surface area contributed by atoms with E-state index in [1.165, 1.54) is 12.1 Å². The van der Waals surface area contributed by atoms with E-state index in [-0.39, 0.29) is 11.3 Å². The van der Waals surface area contributed by atoms with Crippen molar-refractivity contribution < 1.29 is 19.0 Å². The van der Waals surface area contributed by atoms with Gasteiger partial charge in [0.2, 0.25) is 0 Å². The molecular formula is C15H17FN2O3. The van der Waals surface area contributed by atoms with E-state index in [4.69, 9.17) is 9.84 Å². The topological polar surface area (TPSA) is 64.3 Å². The van der Waals surface area contributed by atoms with Crippen molar-refractivity contribution in [3.05, 3.63) is 36.4 Å². The molecule has 0 spiro atoms. The first-order valence-electron chi connectivity index (χ1n) is 6.47. The number of rotatable bonds is 4. The van der Waals surface area contributed by atoms with Crippen molar-refractivity contribution in [2.45, 2.75) is 26.3 Å². The Morgan fingerprint density at radius 2 is 2.10 bits per heavy atom. The number of carboxylic acid groups (broad SMARTS) is 1. The molecule has 1 aromatic carbocycles. The molecule has 0 unspecified atom stereocenters. The third-order valence-electron chi connectivity index (χ3n) is 2.89. The lowest BCUT2D eigenvalue weighted by atomic mass is 10.1. The van der Waals surface area contributed by atoms with Gasteiger partial charge < -0.3 is 9.84 Å². The van der Waals surface area contributed by atoms with Crippen molar-refractivity contribution in [1.29, 1.82) is 0 Å². The number of hydrogen-bond donors (Lipinski definition) is 1. The highest BCUT2D eigenvalue weighted by Crippen LogP contribution is 2.26. The summed E-state index contributed by atoms with van der Waals surface area (Å²) in [5.41, 5.74) is 1.29. The summed E-state index contributed by atoms with van der Waals surface area (Å²) in [4.78, 5) is 10.4. The molecule has 2 rings (SSSR count). The average Bonchev–Trinajstić information content (AvgIpc) is 2.86. The third kappa shape index (κ3) is 3.59. The molecule has 0 saturated heterocycles. The first-order valence-corrected chi connectivity index (χ1v) is 6.47. The van der Waals surface area contributed by atoms with Gasteiger partial charge in [-0.1, -0.05) is 6.07 Å². The summed E-state index contributed by atoms with van der Waals surface area (Å²) >= 11 is 0. The Kier molecular flexibility index (Phi) is 3.97. The molecule has 0 aliphatic carbocycles. The summed E-state index contributed by atoms with van der Waals surface area (Å²) in [6.07, 6.45) is 3.50. The van der Waals surface area contributed by atoms with E-state index in [0.717, 1.165) is 5.56 Å². The molecule has 0 atom stereocenters. The Balaban J connectivity index is 2.23. The van der Waals surface area contributed by atoms with Crippen molar-refractivity contribution in [1.82, 2.24) is 9.78 Å². The molecule has 0 fully saturated rings. The van der Waals surface area contributed by atoms with Gasteiger partial charge in [0.1, 0.15) is 0 Å². The number of nitrogens with zero attached hydrogens (tertiary/aromatic N) is 2. The Hall–Kier alpha value is -2.37. The van der Waals surface area contributed by atoms with Crippen molar-refractivity contribution in [2.24, 2.45) is 0 Å². The lowest BCUT2D eigenvalue weighted by Gasteiger charge is -2.18. The van der Waals surface area contributed by atoms with Crippen LogP contribution in [0.4, 0.5) is 4.39 Å². The molecule has 0 aliphatic rings. The Bertz CT molecular complexity index is 659. The molecule has 0 radical (unpaired) electrons. The number of halogens is 1. The zero-order valence-corrected chi connectivity index (χ0v) is 12.1. The number of hydrogen-bond acceptors (Lipinski definition) is 3. The smallest absolute Gasteiger partial charge is 0.341 e. The molecule has 1 heterocycles. The first kappa shape index (κ1) is 15.0. The van der Waals surface area contributed by atoms with Crippen LogP contribution in [0.1, 0.15) is 20.8 Å².